The van der Waals surface area contributed by atoms with Gasteiger partial charge in [-0.05, 0) is 74.1 Å². The van der Waals surface area contributed by atoms with Gasteiger partial charge in [0.1, 0.15) is 5.75 Å². The summed E-state index contributed by atoms with van der Waals surface area (Å²) in [5.41, 5.74) is 3.70. The van der Waals surface area contributed by atoms with Crippen LogP contribution in [0.5, 0.6) is 11.8 Å². The van der Waals surface area contributed by atoms with Crippen LogP contribution in [0.15, 0.2) is 42.5 Å². The zero-order valence-electron chi connectivity index (χ0n) is 19.5. The Hall–Kier alpha value is -3.68. The summed E-state index contributed by atoms with van der Waals surface area (Å²) >= 11 is 0. The van der Waals surface area contributed by atoms with Crippen LogP contribution in [0.2, 0.25) is 0 Å². The third-order valence-electron chi connectivity index (χ3n) is 6.01. The molecule has 0 bridgehead atoms. The summed E-state index contributed by atoms with van der Waals surface area (Å²) < 4.78 is 10.7. The highest BCUT2D eigenvalue weighted by Gasteiger charge is 2.21. The molecule has 2 heterocycles. The Labute approximate surface area is 194 Å². The first-order valence-electron chi connectivity index (χ1n) is 11.1. The molecule has 0 radical (unpaired) electrons. The van der Waals surface area contributed by atoms with E-state index < -0.39 is 5.97 Å². The van der Waals surface area contributed by atoms with Crippen LogP contribution in [0.3, 0.4) is 0 Å². The molecule has 1 N–H and O–H groups in total. The average molecular weight is 448 g/mol. The lowest BCUT2D eigenvalue weighted by atomic mass is 10.00. The molecule has 0 unspecified atom stereocenters. The van der Waals surface area contributed by atoms with Crippen LogP contribution in [-0.4, -0.2) is 41.1 Å². The molecule has 0 atom stereocenters. The molecule has 8 nitrogen and oxygen atoms in total. The van der Waals surface area contributed by atoms with Crippen molar-refractivity contribution in [2.75, 3.05) is 30.4 Å². The van der Waals surface area contributed by atoms with Gasteiger partial charge in [-0.25, -0.2) is 4.79 Å². The standard InChI is InChI=1S/C25H29N5O3/c1-16-12-14-30(15-13-16)24-27-23(26-21-7-5-6-17(2)18(21)3)28-25(29-24)33-20-10-8-19(9-11-20)22(31)32-4/h5-11,16H,12-15H2,1-4H3,(H,26,27,28,29). The number of rotatable bonds is 6. The molecule has 1 saturated heterocycles. The summed E-state index contributed by atoms with van der Waals surface area (Å²) in [7, 11) is 1.35. The molecule has 4 rings (SSSR count). The maximum Gasteiger partial charge on any atom is 0.337 e. The predicted octanol–water partition coefficient (Wildman–Crippen LogP) is 5.05. The molecule has 33 heavy (non-hydrogen) atoms. The highest BCUT2D eigenvalue weighted by Crippen LogP contribution is 2.27. The summed E-state index contributed by atoms with van der Waals surface area (Å²) in [4.78, 5) is 27.6. The molecule has 0 aliphatic carbocycles. The second-order valence-electron chi connectivity index (χ2n) is 8.40. The summed E-state index contributed by atoms with van der Waals surface area (Å²) in [5, 5.41) is 3.33. The van der Waals surface area contributed by atoms with Crippen molar-refractivity contribution >= 4 is 23.6 Å². The second-order valence-corrected chi connectivity index (χ2v) is 8.40. The quantitative estimate of drug-likeness (QED) is 0.525. The number of nitrogens with one attached hydrogen (secondary N) is 1. The van der Waals surface area contributed by atoms with Crippen LogP contribution in [0.1, 0.15) is 41.3 Å². The van der Waals surface area contributed by atoms with Crippen molar-refractivity contribution in [3.8, 4) is 11.8 Å². The summed E-state index contributed by atoms with van der Waals surface area (Å²) in [6, 6.07) is 12.9. The molecule has 1 aliphatic rings. The molecule has 1 fully saturated rings. The summed E-state index contributed by atoms with van der Waals surface area (Å²) in [6.07, 6.45) is 2.19. The molecular weight excluding hydrogens is 418 g/mol. The first kappa shape index (κ1) is 22.5. The Bertz CT molecular complexity index is 1130. The molecule has 3 aromatic rings. The largest absolute Gasteiger partial charge is 0.465 e. The SMILES string of the molecule is COC(=O)c1ccc(Oc2nc(Nc3cccc(C)c3C)nc(N3CCC(C)CC3)n2)cc1. The second kappa shape index (κ2) is 9.85. The van der Waals surface area contributed by atoms with Gasteiger partial charge in [0.05, 0.1) is 12.7 Å². The minimum absolute atomic E-state index is 0.192. The average Bonchev–Trinajstić information content (AvgIpc) is 2.82. The van der Waals surface area contributed by atoms with Gasteiger partial charge in [0.25, 0.3) is 0 Å². The van der Waals surface area contributed by atoms with Crippen LogP contribution in [-0.2, 0) is 4.74 Å². The monoisotopic (exact) mass is 447 g/mol. The van der Waals surface area contributed by atoms with Gasteiger partial charge in [-0.1, -0.05) is 19.1 Å². The number of hydrogen-bond acceptors (Lipinski definition) is 8. The van der Waals surface area contributed by atoms with Crippen molar-refractivity contribution < 1.29 is 14.3 Å². The molecule has 1 aliphatic heterocycles. The van der Waals surface area contributed by atoms with E-state index in [2.05, 4.69) is 52.0 Å². The molecular formula is C25H29N5O3. The van der Waals surface area contributed by atoms with Gasteiger partial charge in [0.15, 0.2) is 0 Å². The third-order valence-corrected chi connectivity index (χ3v) is 6.01. The normalized spacial score (nSPS) is 14.1. The van der Waals surface area contributed by atoms with E-state index in [1.807, 2.05) is 12.1 Å². The fourth-order valence-electron chi connectivity index (χ4n) is 3.69. The van der Waals surface area contributed by atoms with Crippen molar-refractivity contribution in [3.05, 3.63) is 59.2 Å². The highest BCUT2D eigenvalue weighted by molar-refractivity contribution is 5.89. The van der Waals surface area contributed by atoms with Gasteiger partial charge >= 0.3 is 12.0 Å². The smallest absolute Gasteiger partial charge is 0.337 e. The van der Waals surface area contributed by atoms with Gasteiger partial charge in [-0.3, -0.25) is 0 Å². The Morgan fingerprint density at radius 3 is 2.45 bits per heavy atom. The van der Waals surface area contributed by atoms with Crippen LogP contribution >= 0.6 is 0 Å². The Balaban J connectivity index is 1.63. The lowest BCUT2D eigenvalue weighted by Gasteiger charge is -2.30. The van der Waals surface area contributed by atoms with Gasteiger partial charge in [0, 0.05) is 18.8 Å². The molecule has 172 valence electrons. The zero-order valence-corrected chi connectivity index (χ0v) is 19.5. The van der Waals surface area contributed by atoms with Gasteiger partial charge in [-0.15, -0.1) is 0 Å². The predicted molar refractivity (Wildman–Crippen MR) is 127 cm³/mol. The third kappa shape index (κ3) is 5.39. The van der Waals surface area contributed by atoms with Crippen molar-refractivity contribution in [1.29, 1.82) is 0 Å². The van der Waals surface area contributed by atoms with Crippen molar-refractivity contribution in [2.45, 2.75) is 33.6 Å². The van der Waals surface area contributed by atoms with Crippen molar-refractivity contribution in [2.24, 2.45) is 5.92 Å². The van der Waals surface area contributed by atoms with E-state index in [9.17, 15) is 4.79 Å². The number of carbonyl (C=O) groups excluding carboxylic acids is 1. The maximum atomic E-state index is 11.7. The first-order valence-corrected chi connectivity index (χ1v) is 11.1. The minimum atomic E-state index is -0.400. The molecule has 0 amide bonds. The van der Waals surface area contributed by atoms with E-state index in [1.165, 1.54) is 12.7 Å². The van der Waals surface area contributed by atoms with Gasteiger partial charge in [0.2, 0.25) is 11.9 Å². The number of benzene rings is 2. The first-order chi connectivity index (χ1) is 15.9. The number of piperidine rings is 1. The maximum absolute atomic E-state index is 11.7. The highest BCUT2D eigenvalue weighted by atomic mass is 16.5. The van der Waals surface area contributed by atoms with E-state index in [0.29, 0.717) is 29.1 Å². The van der Waals surface area contributed by atoms with Gasteiger partial charge < -0.3 is 19.7 Å². The minimum Gasteiger partial charge on any atom is -0.465 e. The number of anilines is 3. The van der Waals surface area contributed by atoms with Crippen molar-refractivity contribution in [3.63, 3.8) is 0 Å². The number of carbonyl (C=O) groups is 1. The number of nitrogens with zero attached hydrogens (tertiary/aromatic N) is 4. The number of methoxy groups -OCH3 is 1. The number of esters is 1. The molecule has 0 saturated carbocycles. The number of aromatic nitrogens is 3. The Morgan fingerprint density at radius 2 is 1.76 bits per heavy atom. The lowest BCUT2D eigenvalue weighted by molar-refractivity contribution is 0.0600. The van der Waals surface area contributed by atoms with E-state index in [0.717, 1.165) is 37.2 Å². The van der Waals surface area contributed by atoms with Crippen LogP contribution in [0.4, 0.5) is 17.6 Å². The Morgan fingerprint density at radius 1 is 1.03 bits per heavy atom. The Kier molecular flexibility index (Phi) is 6.72. The molecule has 0 spiro atoms. The number of aryl methyl sites for hydroxylation is 1. The number of hydrogen-bond donors (Lipinski definition) is 1. The number of ether oxygens (including phenoxy) is 2. The van der Waals surface area contributed by atoms with E-state index in [4.69, 9.17) is 9.47 Å². The van der Waals surface area contributed by atoms with Crippen LogP contribution in [0.25, 0.3) is 0 Å². The molecule has 2 aromatic carbocycles. The van der Waals surface area contributed by atoms with Crippen LogP contribution in [0, 0.1) is 19.8 Å². The molecule has 8 heteroatoms. The van der Waals surface area contributed by atoms with Gasteiger partial charge in [-0.2, -0.15) is 15.0 Å². The zero-order chi connectivity index (χ0) is 23.4. The van der Waals surface area contributed by atoms with Crippen molar-refractivity contribution in [1.82, 2.24) is 15.0 Å². The fraction of sp³-hybridized carbons (Fsp3) is 0.360. The topological polar surface area (TPSA) is 89.5 Å². The fourth-order valence-corrected chi connectivity index (χ4v) is 3.69. The summed E-state index contributed by atoms with van der Waals surface area (Å²) in [6.45, 7) is 8.18. The van der Waals surface area contributed by atoms with E-state index in [1.54, 1.807) is 24.3 Å². The molecule has 1 aromatic heterocycles. The van der Waals surface area contributed by atoms with Crippen LogP contribution < -0.4 is 15.0 Å². The van der Waals surface area contributed by atoms with E-state index >= 15 is 0 Å². The van der Waals surface area contributed by atoms with E-state index in [-0.39, 0.29) is 6.01 Å². The summed E-state index contributed by atoms with van der Waals surface area (Å²) in [5.74, 6) is 1.83. The lowest BCUT2D eigenvalue weighted by Crippen LogP contribution is -2.34.